The highest BCUT2D eigenvalue weighted by Gasteiger charge is 2.04. The van der Waals surface area contributed by atoms with Gasteiger partial charge < -0.3 is 9.88 Å². The van der Waals surface area contributed by atoms with Crippen LogP contribution >= 0.6 is 0 Å². The molecule has 18 heavy (non-hydrogen) atoms. The number of aromatic nitrogens is 1. The number of nitrogens with zero attached hydrogens (tertiary/aromatic N) is 1. The lowest BCUT2D eigenvalue weighted by molar-refractivity contribution is 0.555. The molecule has 4 heteroatoms. The van der Waals surface area contributed by atoms with Crippen LogP contribution in [0.25, 0.3) is 0 Å². The van der Waals surface area contributed by atoms with Gasteiger partial charge in [-0.05, 0) is 25.1 Å². The van der Waals surface area contributed by atoms with E-state index in [1.54, 1.807) is 0 Å². The smallest absolute Gasteiger partial charge is 0.130 e. The van der Waals surface area contributed by atoms with Gasteiger partial charge in [-0.1, -0.05) is 6.07 Å². The predicted octanol–water partition coefficient (Wildman–Crippen LogP) is 3.08. The van der Waals surface area contributed by atoms with Crippen molar-refractivity contribution in [3.05, 3.63) is 59.4 Å². The molecule has 0 aliphatic heterocycles. The zero-order chi connectivity index (χ0) is 13.0. The van der Waals surface area contributed by atoms with Crippen LogP contribution in [-0.2, 0) is 19.6 Å². The van der Waals surface area contributed by atoms with Crippen molar-refractivity contribution < 1.29 is 8.78 Å². The maximum atomic E-state index is 13.4. The largest absolute Gasteiger partial charge is 0.351 e. The molecule has 0 saturated carbocycles. The minimum absolute atomic E-state index is 0.390. The van der Waals surface area contributed by atoms with E-state index < -0.39 is 11.6 Å². The average Bonchev–Trinajstić information content (AvgIpc) is 2.79. The number of aryl methyl sites for hydroxylation is 1. The molecule has 1 heterocycles. The summed E-state index contributed by atoms with van der Waals surface area (Å²) in [6, 6.07) is 7.66. The molecule has 0 aliphatic rings. The lowest BCUT2D eigenvalue weighted by Gasteiger charge is -2.08. The Labute approximate surface area is 105 Å². The molecule has 0 bridgehead atoms. The summed E-state index contributed by atoms with van der Waals surface area (Å²) in [5.74, 6) is -1.05. The molecule has 2 rings (SSSR count). The first-order chi connectivity index (χ1) is 8.70. The Morgan fingerprint density at radius 2 is 2.00 bits per heavy atom. The van der Waals surface area contributed by atoms with E-state index in [-0.39, 0.29) is 0 Å². The number of halogens is 2. The Morgan fingerprint density at radius 3 is 2.72 bits per heavy atom. The van der Waals surface area contributed by atoms with E-state index in [0.29, 0.717) is 18.7 Å². The number of nitrogens with one attached hydrogen (secondary N) is 1. The van der Waals surface area contributed by atoms with Gasteiger partial charge in [0, 0.05) is 43.2 Å². The van der Waals surface area contributed by atoms with Gasteiger partial charge in [0.25, 0.3) is 0 Å². The molecular weight excluding hydrogens is 234 g/mol. The first-order valence-corrected chi connectivity index (χ1v) is 5.99. The van der Waals surface area contributed by atoms with Crippen LogP contribution in [0.2, 0.25) is 0 Å². The molecule has 0 spiro atoms. The predicted molar refractivity (Wildman–Crippen MR) is 67.0 cm³/mol. The van der Waals surface area contributed by atoms with E-state index in [9.17, 15) is 8.78 Å². The quantitative estimate of drug-likeness (QED) is 0.863. The minimum atomic E-state index is -0.545. The lowest BCUT2D eigenvalue weighted by atomic mass is 10.2. The summed E-state index contributed by atoms with van der Waals surface area (Å²) in [4.78, 5) is 0. The van der Waals surface area contributed by atoms with Crippen LogP contribution in [0.1, 0.15) is 18.2 Å². The Hall–Kier alpha value is -1.68. The second-order valence-electron chi connectivity index (χ2n) is 4.12. The monoisotopic (exact) mass is 250 g/mol. The fourth-order valence-corrected chi connectivity index (χ4v) is 1.91. The van der Waals surface area contributed by atoms with Gasteiger partial charge in [0.15, 0.2) is 0 Å². The van der Waals surface area contributed by atoms with Crippen LogP contribution in [0.4, 0.5) is 8.78 Å². The van der Waals surface area contributed by atoms with Crippen molar-refractivity contribution in [1.29, 1.82) is 0 Å². The van der Waals surface area contributed by atoms with Crippen LogP contribution in [0.15, 0.2) is 36.5 Å². The molecule has 2 aromatic rings. The second-order valence-corrected chi connectivity index (χ2v) is 4.12. The maximum Gasteiger partial charge on any atom is 0.130 e. The Morgan fingerprint density at radius 1 is 1.17 bits per heavy atom. The van der Waals surface area contributed by atoms with Crippen molar-refractivity contribution in [2.24, 2.45) is 0 Å². The summed E-state index contributed by atoms with van der Waals surface area (Å²) >= 11 is 0. The first kappa shape index (κ1) is 12.8. The summed E-state index contributed by atoms with van der Waals surface area (Å²) in [6.07, 6.45) is 2.01. The van der Waals surface area contributed by atoms with Gasteiger partial charge in [0.1, 0.15) is 11.6 Å². The molecule has 0 aliphatic carbocycles. The van der Waals surface area contributed by atoms with Gasteiger partial charge >= 0.3 is 0 Å². The molecule has 96 valence electrons. The van der Waals surface area contributed by atoms with Gasteiger partial charge in [0.2, 0.25) is 0 Å². The van der Waals surface area contributed by atoms with Crippen LogP contribution in [-0.4, -0.2) is 4.57 Å². The third-order valence-electron chi connectivity index (χ3n) is 2.90. The van der Waals surface area contributed by atoms with Crippen LogP contribution in [0.3, 0.4) is 0 Å². The molecule has 0 atom stereocenters. The van der Waals surface area contributed by atoms with E-state index in [2.05, 4.69) is 16.8 Å². The third-order valence-corrected chi connectivity index (χ3v) is 2.90. The Kier molecular flexibility index (Phi) is 4.10. The van der Waals surface area contributed by atoms with Gasteiger partial charge in [-0.15, -0.1) is 0 Å². The number of benzene rings is 1. The van der Waals surface area contributed by atoms with Crippen molar-refractivity contribution in [3.8, 4) is 0 Å². The molecule has 0 amide bonds. The third kappa shape index (κ3) is 2.96. The fourth-order valence-electron chi connectivity index (χ4n) is 1.91. The maximum absolute atomic E-state index is 13.4. The van der Waals surface area contributed by atoms with Gasteiger partial charge in [-0.25, -0.2) is 8.78 Å². The molecule has 2 nitrogen and oxygen atoms in total. The van der Waals surface area contributed by atoms with Crippen molar-refractivity contribution in [3.63, 3.8) is 0 Å². The molecule has 1 N–H and O–H groups in total. The first-order valence-electron chi connectivity index (χ1n) is 5.99. The van der Waals surface area contributed by atoms with Crippen molar-refractivity contribution >= 4 is 0 Å². The molecule has 1 aromatic heterocycles. The van der Waals surface area contributed by atoms with E-state index >= 15 is 0 Å². The van der Waals surface area contributed by atoms with E-state index in [1.807, 2.05) is 18.3 Å². The zero-order valence-electron chi connectivity index (χ0n) is 10.3. The standard InChI is InChI=1S/C14H16F2N2/c1-2-18-7-3-4-13(18)10-17-9-11-5-6-12(15)8-14(11)16/h3-8,17H,2,9-10H2,1H3. The second kappa shape index (κ2) is 5.78. The number of hydrogen-bond donors (Lipinski definition) is 1. The SMILES string of the molecule is CCn1cccc1CNCc1ccc(F)cc1F. The van der Waals surface area contributed by atoms with Gasteiger partial charge in [-0.2, -0.15) is 0 Å². The highest BCUT2D eigenvalue weighted by atomic mass is 19.1. The topological polar surface area (TPSA) is 17.0 Å². The fraction of sp³-hybridized carbons (Fsp3) is 0.286. The molecule has 0 fully saturated rings. The zero-order valence-corrected chi connectivity index (χ0v) is 10.3. The minimum Gasteiger partial charge on any atom is -0.351 e. The normalized spacial score (nSPS) is 10.8. The van der Waals surface area contributed by atoms with Crippen LogP contribution in [0.5, 0.6) is 0 Å². The van der Waals surface area contributed by atoms with Crippen molar-refractivity contribution in [1.82, 2.24) is 9.88 Å². The van der Waals surface area contributed by atoms with Gasteiger partial charge in [-0.3, -0.25) is 0 Å². The highest BCUT2D eigenvalue weighted by molar-refractivity contribution is 5.18. The molecule has 0 saturated heterocycles. The summed E-state index contributed by atoms with van der Waals surface area (Å²) < 4.78 is 28.2. The van der Waals surface area contributed by atoms with E-state index in [1.165, 1.54) is 12.1 Å². The Balaban J connectivity index is 1.92. The summed E-state index contributed by atoms with van der Waals surface area (Å²) in [5.41, 5.74) is 1.63. The summed E-state index contributed by atoms with van der Waals surface area (Å²) in [6.45, 7) is 4.04. The molecule has 1 aromatic carbocycles. The number of rotatable bonds is 5. The summed E-state index contributed by atoms with van der Waals surface area (Å²) in [7, 11) is 0. The van der Waals surface area contributed by atoms with Crippen molar-refractivity contribution in [2.45, 2.75) is 26.6 Å². The van der Waals surface area contributed by atoms with E-state index in [0.717, 1.165) is 18.3 Å². The molecule has 0 unspecified atom stereocenters. The number of hydrogen-bond acceptors (Lipinski definition) is 1. The van der Waals surface area contributed by atoms with E-state index in [4.69, 9.17) is 0 Å². The van der Waals surface area contributed by atoms with Crippen LogP contribution < -0.4 is 5.32 Å². The highest BCUT2D eigenvalue weighted by Crippen LogP contribution is 2.09. The lowest BCUT2D eigenvalue weighted by Crippen LogP contribution is -2.16. The van der Waals surface area contributed by atoms with Crippen molar-refractivity contribution in [2.75, 3.05) is 0 Å². The molecule has 0 radical (unpaired) electrons. The summed E-state index contributed by atoms with van der Waals surface area (Å²) in [5, 5.41) is 3.16. The van der Waals surface area contributed by atoms with Gasteiger partial charge in [0.05, 0.1) is 0 Å². The average molecular weight is 250 g/mol. The van der Waals surface area contributed by atoms with Crippen LogP contribution in [0, 0.1) is 11.6 Å². The molecular formula is C14H16F2N2. The Bertz CT molecular complexity index is 520.